The van der Waals surface area contributed by atoms with E-state index in [1.165, 1.54) is 25.7 Å². The fraction of sp³-hybridized carbons (Fsp3) is 0.655. The maximum atomic E-state index is 14.0. The molecule has 0 fully saturated rings. The summed E-state index contributed by atoms with van der Waals surface area (Å²) in [5.74, 6) is -13.4. The second-order valence-corrected chi connectivity index (χ2v) is 10.4. The van der Waals surface area contributed by atoms with Gasteiger partial charge in [-0.2, -0.15) is 48.3 Å². The number of benzene rings is 1. The van der Waals surface area contributed by atoms with Crippen molar-refractivity contribution in [3.63, 3.8) is 0 Å². The molecule has 1 aromatic carbocycles. The van der Waals surface area contributed by atoms with Crippen molar-refractivity contribution in [3.05, 3.63) is 42.2 Å². The summed E-state index contributed by atoms with van der Waals surface area (Å²) in [7, 11) is 0. The number of aryl methyl sites for hydroxylation is 1. The van der Waals surface area contributed by atoms with Crippen LogP contribution in [0.1, 0.15) is 77.2 Å². The number of aromatic nitrogens is 2. The zero-order chi connectivity index (χ0) is 33.9. The third kappa shape index (κ3) is 11.2. The lowest BCUT2D eigenvalue weighted by Crippen LogP contribution is -2.62. The lowest BCUT2D eigenvalue weighted by Gasteiger charge is -2.34. The molecule has 1 heterocycles. The normalized spacial score (nSPS) is 14.1. The molecule has 0 amide bonds. The Morgan fingerprint density at radius 1 is 0.689 bits per heavy atom. The van der Waals surface area contributed by atoms with Gasteiger partial charge >= 0.3 is 30.2 Å². The minimum Gasteiger partial charge on any atom is -0.494 e. The van der Waals surface area contributed by atoms with Crippen LogP contribution in [0.25, 0.3) is 11.4 Å². The molecule has 16 heteroatoms. The molecule has 0 aliphatic carbocycles. The molecule has 2 aromatic rings. The van der Waals surface area contributed by atoms with Crippen molar-refractivity contribution in [2.24, 2.45) is 0 Å². The van der Waals surface area contributed by atoms with Crippen LogP contribution in [0.4, 0.5) is 48.3 Å². The number of unbranched alkanes of at least 4 members (excludes halogenated alkanes) is 6. The van der Waals surface area contributed by atoms with Gasteiger partial charge in [-0.1, -0.05) is 39.0 Å². The van der Waals surface area contributed by atoms with E-state index in [4.69, 9.17) is 4.74 Å². The predicted octanol–water partition coefficient (Wildman–Crippen LogP) is 9.99. The van der Waals surface area contributed by atoms with Gasteiger partial charge in [-0.25, -0.2) is 9.97 Å². The van der Waals surface area contributed by atoms with Gasteiger partial charge in [0.15, 0.2) is 12.1 Å². The van der Waals surface area contributed by atoms with Gasteiger partial charge in [0.2, 0.25) is 0 Å². The molecule has 0 aliphatic rings. The molecule has 1 atom stereocenters. The molecule has 5 nitrogen and oxygen atoms in total. The molecule has 1 aromatic heterocycles. The van der Waals surface area contributed by atoms with Gasteiger partial charge < -0.3 is 4.74 Å². The summed E-state index contributed by atoms with van der Waals surface area (Å²) in [6.07, 6.45) is -10.8. The van der Waals surface area contributed by atoms with Gasteiger partial charge in [0.05, 0.1) is 6.61 Å². The lowest BCUT2D eigenvalue weighted by molar-refractivity contribution is -0.470. The summed E-state index contributed by atoms with van der Waals surface area (Å²) in [6, 6.07) is 6.62. The van der Waals surface area contributed by atoms with E-state index in [1.807, 2.05) is 0 Å². The molecule has 0 bridgehead atoms. The van der Waals surface area contributed by atoms with Gasteiger partial charge in [-0.3, -0.25) is 9.47 Å². The third-order valence-electron chi connectivity index (χ3n) is 6.54. The SMILES string of the molecule is CCCCCCCCc1cnc(-c2ccc(OCCCCC(F)(F)OC(C)OC(F)(F)C(F)(F)C(F)(F)C(F)(F)F)cc2)nc1. The zero-order valence-corrected chi connectivity index (χ0v) is 24.6. The van der Waals surface area contributed by atoms with E-state index in [0.29, 0.717) is 17.1 Å². The van der Waals surface area contributed by atoms with Gasteiger partial charge in [0.1, 0.15) is 5.75 Å². The summed E-state index contributed by atoms with van der Waals surface area (Å²) in [5.41, 5.74) is 1.75. The summed E-state index contributed by atoms with van der Waals surface area (Å²) in [4.78, 5) is 8.78. The van der Waals surface area contributed by atoms with E-state index in [1.54, 1.807) is 36.7 Å². The predicted molar refractivity (Wildman–Crippen MR) is 141 cm³/mol. The monoisotopic (exact) mass is 668 g/mol. The molecule has 0 spiro atoms. The van der Waals surface area contributed by atoms with Gasteiger partial charge in [-0.05, 0) is 62.4 Å². The highest BCUT2D eigenvalue weighted by Crippen LogP contribution is 2.53. The number of ether oxygens (including phenoxy) is 3. The maximum absolute atomic E-state index is 14.0. The number of rotatable bonds is 20. The van der Waals surface area contributed by atoms with Crippen LogP contribution < -0.4 is 4.74 Å². The molecule has 45 heavy (non-hydrogen) atoms. The average Bonchev–Trinajstić information content (AvgIpc) is 2.94. The standard InChI is InChI=1S/C29H35F11N2O3/c1-3-4-5-6-7-8-11-21-18-41-24(42-19-21)22-12-14-23(15-13-22)43-17-10-9-16-25(30,31)44-20(2)45-29(39,40)27(34,35)26(32,33)28(36,37)38/h12-15,18-20H,3-11,16-17H2,1-2H3. The van der Waals surface area contributed by atoms with E-state index < -0.39 is 42.9 Å². The largest absolute Gasteiger partial charge is 0.494 e. The van der Waals surface area contributed by atoms with E-state index in [-0.39, 0.29) is 26.4 Å². The van der Waals surface area contributed by atoms with E-state index in [2.05, 4.69) is 26.4 Å². The van der Waals surface area contributed by atoms with Crippen molar-refractivity contribution < 1.29 is 62.5 Å². The number of nitrogens with zero attached hydrogens (tertiary/aromatic N) is 2. The molecule has 0 radical (unpaired) electrons. The molecule has 256 valence electrons. The molecule has 0 N–H and O–H groups in total. The third-order valence-corrected chi connectivity index (χ3v) is 6.54. The second-order valence-electron chi connectivity index (χ2n) is 10.4. The second kappa shape index (κ2) is 16.2. The first-order chi connectivity index (χ1) is 20.8. The van der Waals surface area contributed by atoms with Crippen molar-refractivity contribution >= 4 is 0 Å². The molecular weight excluding hydrogens is 633 g/mol. The number of hydrogen-bond donors (Lipinski definition) is 0. The van der Waals surface area contributed by atoms with Crippen molar-refractivity contribution in [2.45, 2.75) is 115 Å². The van der Waals surface area contributed by atoms with Crippen molar-refractivity contribution in [2.75, 3.05) is 6.61 Å². The smallest absolute Gasteiger partial charge is 0.460 e. The topological polar surface area (TPSA) is 53.5 Å². The van der Waals surface area contributed by atoms with Crippen LogP contribution in [0.5, 0.6) is 5.75 Å². The zero-order valence-electron chi connectivity index (χ0n) is 24.6. The van der Waals surface area contributed by atoms with Gasteiger partial charge in [0, 0.05) is 24.4 Å². The Balaban J connectivity index is 1.75. The van der Waals surface area contributed by atoms with Crippen molar-refractivity contribution in [3.8, 4) is 17.1 Å². The van der Waals surface area contributed by atoms with E-state index in [9.17, 15) is 48.3 Å². The first-order valence-electron chi connectivity index (χ1n) is 14.3. The Kier molecular flexibility index (Phi) is 13.8. The van der Waals surface area contributed by atoms with Crippen LogP contribution in [-0.2, 0) is 15.9 Å². The highest BCUT2D eigenvalue weighted by atomic mass is 19.4. The van der Waals surface area contributed by atoms with Crippen LogP contribution in [0.2, 0.25) is 0 Å². The molecule has 0 aliphatic heterocycles. The Hall–Kier alpha value is -2.75. The first-order valence-corrected chi connectivity index (χ1v) is 14.3. The number of alkyl halides is 11. The molecule has 1 unspecified atom stereocenters. The Morgan fingerprint density at radius 2 is 1.27 bits per heavy atom. The average molecular weight is 669 g/mol. The quantitative estimate of drug-likeness (QED) is 0.0799. The van der Waals surface area contributed by atoms with Crippen LogP contribution in [-0.4, -0.2) is 53.1 Å². The van der Waals surface area contributed by atoms with E-state index in [0.717, 1.165) is 24.8 Å². The summed E-state index contributed by atoms with van der Waals surface area (Å²) < 4.78 is 156. The van der Waals surface area contributed by atoms with Gasteiger partial charge in [-0.15, -0.1) is 0 Å². The van der Waals surface area contributed by atoms with Crippen LogP contribution in [0.15, 0.2) is 36.7 Å². The van der Waals surface area contributed by atoms with Gasteiger partial charge in [0.25, 0.3) is 0 Å². The Labute approximate surface area is 253 Å². The molecule has 0 saturated carbocycles. The fourth-order valence-electron chi connectivity index (χ4n) is 4.03. The van der Waals surface area contributed by atoms with Crippen LogP contribution in [0.3, 0.4) is 0 Å². The first kappa shape index (κ1) is 38.4. The van der Waals surface area contributed by atoms with E-state index >= 15 is 0 Å². The van der Waals surface area contributed by atoms with Crippen molar-refractivity contribution in [1.82, 2.24) is 9.97 Å². The molecular formula is C29H35F11N2O3. The fourth-order valence-corrected chi connectivity index (χ4v) is 4.03. The van der Waals surface area contributed by atoms with Crippen LogP contribution in [0, 0.1) is 0 Å². The minimum atomic E-state index is -7.22. The van der Waals surface area contributed by atoms with Crippen LogP contribution >= 0.6 is 0 Å². The highest BCUT2D eigenvalue weighted by molar-refractivity contribution is 5.55. The number of hydrogen-bond acceptors (Lipinski definition) is 5. The summed E-state index contributed by atoms with van der Waals surface area (Å²) in [5, 5.41) is 0. The minimum absolute atomic E-state index is 0.00878. The summed E-state index contributed by atoms with van der Waals surface area (Å²) >= 11 is 0. The summed E-state index contributed by atoms with van der Waals surface area (Å²) in [6.45, 7) is 2.32. The number of halogens is 11. The van der Waals surface area contributed by atoms with Crippen molar-refractivity contribution in [1.29, 1.82) is 0 Å². The highest BCUT2D eigenvalue weighted by Gasteiger charge is 2.83. The molecule has 0 saturated heterocycles. The Morgan fingerprint density at radius 3 is 1.84 bits per heavy atom. The molecule has 2 rings (SSSR count). The lowest BCUT2D eigenvalue weighted by atomic mass is 10.1. The maximum Gasteiger partial charge on any atom is 0.460 e. The Bertz CT molecular complexity index is 1150.